The van der Waals surface area contributed by atoms with Crippen molar-refractivity contribution in [1.29, 1.82) is 0 Å². The van der Waals surface area contributed by atoms with Crippen molar-refractivity contribution in [3.05, 3.63) is 11.9 Å². The number of nitrogens with one attached hydrogen (secondary N) is 2. The summed E-state index contributed by atoms with van der Waals surface area (Å²) in [7, 11) is 0. The summed E-state index contributed by atoms with van der Waals surface area (Å²) >= 11 is 0. The lowest BCUT2D eigenvalue weighted by Crippen LogP contribution is -2.19. The molecule has 0 saturated heterocycles. The van der Waals surface area contributed by atoms with E-state index in [1.54, 1.807) is 0 Å². The fraction of sp³-hybridized carbons (Fsp3) is 0.750. The van der Waals surface area contributed by atoms with Crippen LogP contribution in [0, 0.1) is 11.3 Å². The number of hydrogen-bond acceptors (Lipinski definition) is 5. The largest absolute Gasteiger partial charge is 0.374 e. The monoisotopic (exact) mass is 290 g/mol. The van der Waals surface area contributed by atoms with Gasteiger partial charge in [-0.2, -0.15) is 0 Å². The van der Waals surface area contributed by atoms with Crippen molar-refractivity contribution in [2.75, 3.05) is 30.3 Å². The number of aromatic nitrogens is 2. The maximum atomic E-state index is 5.43. The lowest BCUT2D eigenvalue weighted by molar-refractivity contribution is 0.128. The van der Waals surface area contributed by atoms with Gasteiger partial charge in [0.25, 0.3) is 0 Å². The molecular formula is C16H26N4O. The molecule has 0 amide bonds. The molecule has 3 rings (SSSR count). The molecule has 2 fully saturated rings. The van der Waals surface area contributed by atoms with Crippen LogP contribution in [0.3, 0.4) is 0 Å². The van der Waals surface area contributed by atoms with E-state index in [0.717, 1.165) is 36.5 Å². The number of rotatable bonds is 9. The van der Waals surface area contributed by atoms with Gasteiger partial charge in [-0.05, 0) is 50.9 Å². The third-order valence-corrected chi connectivity index (χ3v) is 4.52. The Balaban J connectivity index is 1.65. The predicted molar refractivity (Wildman–Crippen MR) is 84.4 cm³/mol. The summed E-state index contributed by atoms with van der Waals surface area (Å²) in [6.07, 6.45) is 5.59. The smallest absolute Gasteiger partial charge is 0.158 e. The molecule has 0 atom stereocenters. The van der Waals surface area contributed by atoms with Crippen LogP contribution < -0.4 is 10.6 Å². The molecule has 1 aromatic rings. The van der Waals surface area contributed by atoms with Crippen molar-refractivity contribution >= 4 is 11.6 Å². The summed E-state index contributed by atoms with van der Waals surface area (Å²) in [6, 6.07) is 2.00. The topological polar surface area (TPSA) is 59.1 Å². The van der Waals surface area contributed by atoms with E-state index < -0.39 is 0 Å². The van der Waals surface area contributed by atoms with Crippen molar-refractivity contribution < 1.29 is 4.74 Å². The summed E-state index contributed by atoms with van der Waals surface area (Å²) in [5.74, 6) is 3.50. The van der Waals surface area contributed by atoms with E-state index in [9.17, 15) is 0 Å². The van der Waals surface area contributed by atoms with Gasteiger partial charge in [0, 0.05) is 25.8 Å². The Morgan fingerprint density at radius 2 is 1.90 bits per heavy atom. The zero-order valence-electron chi connectivity index (χ0n) is 13.1. The highest BCUT2D eigenvalue weighted by Gasteiger charge is 2.53. The summed E-state index contributed by atoms with van der Waals surface area (Å²) in [5, 5.41) is 6.80. The molecule has 0 unspecified atom stereocenters. The minimum Gasteiger partial charge on any atom is -0.374 e. The van der Waals surface area contributed by atoms with Gasteiger partial charge in [-0.3, -0.25) is 0 Å². The van der Waals surface area contributed by atoms with E-state index in [1.165, 1.54) is 25.7 Å². The fourth-order valence-electron chi connectivity index (χ4n) is 2.97. The highest BCUT2D eigenvalue weighted by Crippen LogP contribution is 2.61. The number of anilines is 2. The second-order valence-corrected chi connectivity index (χ2v) is 6.21. The highest BCUT2D eigenvalue weighted by atomic mass is 16.5. The molecule has 5 nitrogen and oxygen atoms in total. The van der Waals surface area contributed by atoms with Gasteiger partial charge in [0.15, 0.2) is 5.82 Å². The first-order chi connectivity index (χ1) is 10.3. The van der Waals surface area contributed by atoms with Crippen molar-refractivity contribution in [1.82, 2.24) is 9.97 Å². The second-order valence-electron chi connectivity index (χ2n) is 6.21. The number of ether oxygens (including phenoxy) is 1. The molecule has 0 bridgehead atoms. The zero-order valence-corrected chi connectivity index (χ0v) is 13.1. The van der Waals surface area contributed by atoms with Crippen LogP contribution in [-0.4, -0.2) is 29.7 Å². The number of nitrogens with zero attached hydrogens (tertiary/aromatic N) is 2. The van der Waals surface area contributed by atoms with Crippen molar-refractivity contribution in [3.63, 3.8) is 0 Å². The summed E-state index contributed by atoms with van der Waals surface area (Å²) in [6.45, 7) is 7.12. The maximum Gasteiger partial charge on any atom is 0.158 e. The average molecular weight is 290 g/mol. The van der Waals surface area contributed by atoms with E-state index in [0.29, 0.717) is 18.6 Å². The molecule has 2 N–H and O–H groups in total. The SMILES string of the molecule is CCNc1cc(NCC2(C3CC3)CC2)nc(COCC)n1. The van der Waals surface area contributed by atoms with E-state index in [4.69, 9.17) is 4.74 Å². The quantitative estimate of drug-likeness (QED) is 0.732. The second kappa shape index (κ2) is 6.18. The third-order valence-electron chi connectivity index (χ3n) is 4.52. The van der Waals surface area contributed by atoms with Crippen molar-refractivity contribution in [2.45, 2.75) is 46.1 Å². The van der Waals surface area contributed by atoms with Gasteiger partial charge in [-0.25, -0.2) is 9.97 Å². The van der Waals surface area contributed by atoms with Crippen LogP contribution in [0.2, 0.25) is 0 Å². The lowest BCUT2D eigenvalue weighted by Gasteiger charge is -2.16. The third kappa shape index (κ3) is 3.64. The Morgan fingerprint density at radius 3 is 2.48 bits per heavy atom. The first-order valence-corrected chi connectivity index (χ1v) is 8.19. The highest BCUT2D eigenvalue weighted by molar-refractivity contribution is 5.47. The van der Waals surface area contributed by atoms with Crippen molar-refractivity contribution in [3.8, 4) is 0 Å². The zero-order chi connectivity index (χ0) is 14.7. The lowest BCUT2D eigenvalue weighted by atomic mass is 10.0. The minimum atomic E-state index is 0.470. The van der Waals surface area contributed by atoms with Crippen LogP contribution >= 0.6 is 0 Å². The predicted octanol–water partition coefficient (Wildman–Crippen LogP) is 3.05. The summed E-state index contributed by atoms with van der Waals surface area (Å²) in [5.41, 5.74) is 0.573. The maximum absolute atomic E-state index is 5.43. The van der Waals surface area contributed by atoms with Crippen LogP contribution in [0.4, 0.5) is 11.6 Å². The average Bonchev–Trinajstić information content (AvgIpc) is 3.36. The molecular weight excluding hydrogens is 264 g/mol. The first-order valence-electron chi connectivity index (χ1n) is 8.19. The molecule has 2 aliphatic carbocycles. The van der Waals surface area contributed by atoms with E-state index in [-0.39, 0.29) is 0 Å². The van der Waals surface area contributed by atoms with Crippen LogP contribution in [0.25, 0.3) is 0 Å². The Kier molecular flexibility index (Phi) is 4.29. The molecule has 0 aromatic carbocycles. The van der Waals surface area contributed by atoms with Crippen LogP contribution in [0.15, 0.2) is 6.07 Å². The fourth-order valence-corrected chi connectivity index (χ4v) is 2.97. The minimum absolute atomic E-state index is 0.470. The van der Waals surface area contributed by atoms with Gasteiger partial charge >= 0.3 is 0 Å². The first kappa shape index (κ1) is 14.6. The van der Waals surface area contributed by atoms with Crippen LogP contribution in [-0.2, 0) is 11.3 Å². The molecule has 116 valence electrons. The van der Waals surface area contributed by atoms with Gasteiger partial charge in [-0.1, -0.05) is 0 Å². The molecule has 1 aromatic heterocycles. The van der Waals surface area contributed by atoms with Gasteiger partial charge in [-0.15, -0.1) is 0 Å². The molecule has 0 spiro atoms. The van der Waals surface area contributed by atoms with Gasteiger partial charge < -0.3 is 15.4 Å². The Bertz CT molecular complexity index is 483. The summed E-state index contributed by atoms with van der Waals surface area (Å²) < 4.78 is 5.43. The molecule has 5 heteroatoms. The Labute approximate surface area is 126 Å². The number of hydrogen-bond donors (Lipinski definition) is 2. The summed E-state index contributed by atoms with van der Waals surface area (Å²) in [4.78, 5) is 9.06. The molecule has 21 heavy (non-hydrogen) atoms. The van der Waals surface area contributed by atoms with Gasteiger partial charge in [0.2, 0.25) is 0 Å². The van der Waals surface area contributed by atoms with E-state index in [2.05, 4.69) is 27.5 Å². The molecule has 0 radical (unpaired) electrons. The van der Waals surface area contributed by atoms with Gasteiger partial charge in [0.1, 0.15) is 18.2 Å². The standard InChI is InChI=1S/C16H26N4O/c1-3-17-13-9-14(20-15(19-13)10-21-4-2)18-11-16(7-8-16)12-5-6-12/h9,12H,3-8,10-11H2,1-2H3,(H2,17,18,19,20). The van der Waals surface area contributed by atoms with Crippen LogP contribution in [0.1, 0.15) is 45.4 Å². The van der Waals surface area contributed by atoms with Crippen molar-refractivity contribution in [2.24, 2.45) is 11.3 Å². The van der Waals surface area contributed by atoms with E-state index in [1.807, 2.05) is 13.0 Å². The Hall–Kier alpha value is -1.36. The van der Waals surface area contributed by atoms with Gasteiger partial charge in [0.05, 0.1) is 0 Å². The van der Waals surface area contributed by atoms with E-state index >= 15 is 0 Å². The molecule has 0 aliphatic heterocycles. The molecule has 1 heterocycles. The molecule has 2 aliphatic rings. The molecule has 2 saturated carbocycles. The Morgan fingerprint density at radius 1 is 1.19 bits per heavy atom. The normalized spacial score (nSPS) is 19.3. The van der Waals surface area contributed by atoms with Crippen LogP contribution in [0.5, 0.6) is 0 Å².